The molecule has 3 saturated carbocycles. The molecule has 17 heavy (non-hydrogen) atoms. The summed E-state index contributed by atoms with van der Waals surface area (Å²) in [6, 6.07) is 0.503. The van der Waals surface area contributed by atoms with Crippen molar-refractivity contribution in [3.63, 3.8) is 0 Å². The summed E-state index contributed by atoms with van der Waals surface area (Å²) in [7, 11) is -3.08. The lowest BCUT2D eigenvalue weighted by Gasteiger charge is -2.54. The molecule has 0 atom stereocenters. The van der Waals surface area contributed by atoms with E-state index >= 15 is 0 Å². The monoisotopic (exact) mass is 260 g/mol. The number of rotatable bonds is 4. The molecule has 5 heteroatoms. The summed E-state index contributed by atoms with van der Waals surface area (Å²) < 4.78 is 25.7. The van der Waals surface area contributed by atoms with Crippen LogP contribution in [0.3, 0.4) is 0 Å². The van der Waals surface area contributed by atoms with Gasteiger partial charge in [0.15, 0.2) is 0 Å². The fraction of sp³-hybridized carbons (Fsp3) is 1.00. The van der Waals surface area contributed by atoms with Crippen molar-refractivity contribution in [2.45, 2.75) is 69.5 Å². The number of hydrogen-bond acceptors (Lipinski definition) is 3. The molecule has 0 aromatic heterocycles. The molecule has 4 nitrogen and oxygen atoms in total. The first-order chi connectivity index (χ1) is 7.74. The molecular weight excluding hydrogens is 236 g/mol. The minimum absolute atomic E-state index is 0.145. The Morgan fingerprint density at radius 3 is 1.71 bits per heavy atom. The highest BCUT2D eigenvalue weighted by Gasteiger charge is 2.49. The summed E-state index contributed by atoms with van der Waals surface area (Å²) in [6.45, 7) is 4.36. The zero-order valence-electron chi connectivity index (χ0n) is 11.0. The molecule has 0 heterocycles. The quantitative estimate of drug-likeness (QED) is 0.803. The van der Waals surface area contributed by atoms with Crippen LogP contribution in [0.2, 0.25) is 0 Å². The maximum atomic E-state index is 11.4. The van der Waals surface area contributed by atoms with Crippen molar-refractivity contribution < 1.29 is 8.42 Å². The standard InChI is InChI=1S/C12H24N2O2S/c1-10(2)13-11-4-7-12(8-5-11,9-6-11)14-17(3,15)16/h10,13-14H,4-9H2,1-3H3. The first-order valence-electron chi connectivity index (χ1n) is 6.51. The number of fused-ring (bicyclic) bond motifs is 3. The lowest BCUT2D eigenvalue weighted by Crippen LogP contribution is -2.63. The van der Waals surface area contributed by atoms with Crippen LogP contribution in [0.1, 0.15) is 52.4 Å². The van der Waals surface area contributed by atoms with Gasteiger partial charge in [-0.05, 0) is 38.5 Å². The fourth-order valence-electron chi connectivity index (χ4n) is 3.56. The lowest BCUT2D eigenvalue weighted by molar-refractivity contribution is 0.0658. The van der Waals surface area contributed by atoms with E-state index in [1.165, 1.54) is 6.26 Å². The zero-order valence-corrected chi connectivity index (χ0v) is 11.9. The van der Waals surface area contributed by atoms with Crippen LogP contribution < -0.4 is 10.0 Å². The molecule has 0 aliphatic heterocycles. The third-order valence-electron chi connectivity index (χ3n) is 4.24. The van der Waals surface area contributed by atoms with Crippen LogP contribution >= 0.6 is 0 Å². The van der Waals surface area contributed by atoms with E-state index in [2.05, 4.69) is 23.9 Å². The van der Waals surface area contributed by atoms with Crippen LogP contribution in [0.15, 0.2) is 0 Å². The fourth-order valence-corrected chi connectivity index (χ4v) is 4.65. The Labute approximate surface area is 105 Å². The average molecular weight is 260 g/mol. The Morgan fingerprint density at radius 1 is 0.941 bits per heavy atom. The van der Waals surface area contributed by atoms with Gasteiger partial charge in [0.1, 0.15) is 0 Å². The maximum Gasteiger partial charge on any atom is 0.209 e. The van der Waals surface area contributed by atoms with E-state index in [1.54, 1.807) is 0 Å². The second-order valence-electron chi connectivity index (χ2n) is 6.23. The van der Waals surface area contributed by atoms with Crippen LogP contribution in [0.25, 0.3) is 0 Å². The molecule has 2 N–H and O–H groups in total. The van der Waals surface area contributed by atoms with E-state index in [-0.39, 0.29) is 11.1 Å². The minimum Gasteiger partial charge on any atom is -0.309 e. The van der Waals surface area contributed by atoms with Gasteiger partial charge in [0, 0.05) is 17.1 Å². The van der Waals surface area contributed by atoms with Gasteiger partial charge >= 0.3 is 0 Å². The van der Waals surface area contributed by atoms with E-state index in [4.69, 9.17) is 0 Å². The number of hydrogen-bond donors (Lipinski definition) is 2. The van der Waals surface area contributed by atoms with E-state index in [0.717, 1.165) is 38.5 Å². The van der Waals surface area contributed by atoms with E-state index < -0.39 is 10.0 Å². The molecule has 0 aromatic carbocycles. The highest BCUT2D eigenvalue weighted by molar-refractivity contribution is 7.88. The van der Waals surface area contributed by atoms with Crippen molar-refractivity contribution in [2.24, 2.45) is 0 Å². The summed E-state index contributed by atoms with van der Waals surface area (Å²) in [4.78, 5) is 0. The second-order valence-corrected chi connectivity index (χ2v) is 7.98. The molecule has 3 fully saturated rings. The van der Waals surface area contributed by atoms with Gasteiger partial charge in [0.25, 0.3) is 0 Å². The van der Waals surface area contributed by atoms with Gasteiger partial charge in [-0.2, -0.15) is 0 Å². The second kappa shape index (κ2) is 4.21. The number of sulfonamides is 1. The van der Waals surface area contributed by atoms with Crippen LogP contribution in [0.5, 0.6) is 0 Å². The molecule has 3 aliphatic rings. The Bertz CT molecular complexity index is 365. The topological polar surface area (TPSA) is 58.2 Å². The van der Waals surface area contributed by atoms with E-state index in [0.29, 0.717) is 6.04 Å². The van der Waals surface area contributed by atoms with Crippen LogP contribution in [0.4, 0.5) is 0 Å². The SMILES string of the molecule is CC(C)NC12CCC(NS(C)(=O)=O)(CC1)CC2. The predicted molar refractivity (Wildman–Crippen MR) is 69.4 cm³/mol. The van der Waals surface area contributed by atoms with Crippen molar-refractivity contribution in [3.8, 4) is 0 Å². The van der Waals surface area contributed by atoms with Crippen LogP contribution in [0, 0.1) is 0 Å². The van der Waals surface area contributed by atoms with Crippen LogP contribution in [-0.4, -0.2) is 31.8 Å². The highest BCUT2D eigenvalue weighted by Crippen LogP contribution is 2.47. The lowest BCUT2D eigenvalue weighted by atomic mass is 9.62. The Morgan fingerprint density at radius 2 is 1.35 bits per heavy atom. The predicted octanol–water partition coefficient (Wildman–Crippen LogP) is 1.38. The summed E-state index contributed by atoms with van der Waals surface area (Å²) >= 11 is 0. The van der Waals surface area contributed by atoms with Crippen molar-refractivity contribution in [2.75, 3.05) is 6.26 Å². The van der Waals surface area contributed by atoms with Gasteiger partial charge in [0.05, 0.1) is 6.26 Å². The normalized spacial score (nSPS) is 37.6. The van der Waals surface area contributed by atoms with Gasteiger partial charge in [-0.3, -0.25) is 0 Å². The van der Waals surface area contributed by atoms with Crippen molar-refractivity contribution in [1.82, 2.24) is 10.0 Å². The minimum atomic E-state index is -3.08. The third-order valence-corrected chi connectivity index (χ3v) is 5.05. The molecule has 0 radical (unpaired) electrons. The van der Waals surface area contributed by atoms with Gasteiger partial charge < -0.3 is 5.32 Å². The van der Waals surface area contributed by atoms with Crippen LogP contribution in [-0.2, 0) is 10.0 Å². The number of nitrogens with one attached hydrogen (secondary N) is 2. The van der Waals surface area contributed by atoms with Gasteiger partial charge in [-0.1, -0.05) is 13.8 Å². The van der Waals surface area contributed by atoms with Crippen molar-refractivity contribution in [3.05, 3.63) is 0 Å². The van der Waals surface area contributed by atoms with Gasteiger partial charge in [-0.15, -0.1) is 0 Å². The Kier molecular flexibility index (Phi) is 3.30. The van der Waals surface area contributed by atoms with Crippen molar-refractivity contribution in [1.29, 1.82) is 0 Å². The summed E-state index contributed by atoms with van der Waals surface area (Å²) in [6.07, 6.45) is 7.46. The molecule has 0 amide bonds. The molecule has 0 unspecified atom stereocenters. The Balaban J connectivity index is 2.04. The molecule has 3 aliphatic carbocycles. The van der Waals surface area contributed by atoms with Gasteiger partial charge in [-0.25, -0.2) is 13.1 Å². The smallest absolute Gasteiger partial charge is 0.209 e. The first kappa shape index (κ1) is 13.3. The Hall–Kier alpha value is -0.130. The maximum absolute atomic E-state index is 11.4. The third kappa shape index (κ3) is 3.01. The van der Waals surface area contributed by atoms with Gasteiger partial charge in [0.2, 0.25) is 10.0 Å². The van der Waals surface area contributed by atoms with E-state index in [1.807, 2.05) is 0 Å². The van der Waals surface area contributed by atoms with Crippen molar-refractivity contribution >= 4 is 10.0 Å². The summed E-state index contributed by atoms with van der Waals surface area (Å²) in [5, 5.41) is 3.69. The average Bonchev–Trinajstić information content (AvgIpc) is 2.17. The van der Waals surface area contributed by atoms with E-state index in [9.17, 15) is 8.42 Å². The molecule has 0 spiro atoms. The zero-order chi connectivity index (χ0) is 12.7. The molecule has 0 saturated heterocycles. The molecule has 0 aromatic rings. The highest BCUT2D eigenvalue weighted by atomic mass is 32.2. The largest absolute Gasteiger partial charge is 0.309 e. The summed E-state index contributed by atoms with van der Waals surface area (Å²) in [5.74, 6) is 0. The molecule has 100 valence electrons. The molecule has 3 rings (SSSR count). The first-order valence-corrected chi connectivity index (χ1v) is 8.40. The molecule has 2 bridgehead atoms. The summed E-state index contributed by atoms with van der Waals surface area (Å²) in [5.41, 5.74) is 0.128. The molecular formula is C12H24N2O2S.